The van der Waals surface area contributed by atoms with E-state index in [1.54, 1.807) is 11.0 Å². The largest absolute Gasteiger partial charge is 0.341 e. The molecule has 1 heterocycles. The van der Waals surface area contributed by atoms with Gasteiger partial charge in [0.05, 0.1) is 11.3 Å². The quantitative estimate of drug-likeness (QED) is 0.627. The number of hydrogen-bond acceptors (Lipinski definition) is 4. The topological polar surface area (TPSA) is 61.6 Å². The Labute approximate surface area is 114 Å². The van der Waals surface area contributed by atoms with E-state index < -0.39 is 0 Å². The molecule has 1 fully saturated rings. The third-order valence-electron chi connectivity index (χ3n) is 3.68. The number of amides is 1. The van der Waals surface area contributed by atoms with E-state index in [-0.39, 0.29) is 5.91 Å². The predicted molar refractivity (Wildman–Crippen MR) is 76.8 cm³/mol. The van der Waals surface area contributed by atoms with Crippen LogP contribution in [0.4, 0.5) is 5.69 Å². The maximum absolute atomic E-state index is 12.4. The van der Waals surface area contributed by atoms with Crippen molar-refractivity contribution >= 4 is 11.6 Å². The van der Waals surface area contributed by atoms with Gasteiger partial charge in [0.25, 0.3) is 5.91 Å². The molecule has 2 rings (SSSR count). The number of nitrogens with two attached hydrogens (primary N) is 1. The number of rotatable bonds is 4. The van der Waals surface area contributed by atoms with Crippen LogP contribution < -0.4 is 11.3 Å². The van der Waals surface area contributed by atoms with Gasteiger partial charge in [0.2, 0.25) is 0 Å². The Morgan fingerprint density at radius 3 is 2.89 bits per heavy atom. The van der Waals surface area contributed by atoms with Crippen molar-refractivity contribution in [1.29, 1.82) is 0 Å². The van der Waals surface area contributed by atoms with Crippen molar-refractivity contribution in [3.63, 3.8) is 0 Å². The molecule has 1 aromatic rings. The minimum Gasteiger partial charge on any atom is -0.341 e. The molecule has 1 aliphatic rings. The number of carbonyl (C=O) groups is 1. The lowest BCUT2D eigenvalue weighted by Gasteiger charge is -2.22. The summed E-state index contributed by atoms with van der Waals surface area (Å²) in [4.78, 5) is 16.5. The molecule has 5 heteroatoms. The average Bonchev–Trinajstić information content (AvgIpc) is 2.83. The van der Waals surface area contributed by atoms with Gasteiger partial charge < -0.3 is 15.2 Å². The molecule has 1 aromatic carbocycles. The zero-order valence-corrected chi connectivity index (χ0v) is 11.6. The van der Waals surface area contributed by atoms with E-state index in [1.165, 1.54) is 0 Å². The van der Waals surface area contributed by atoms with Crippen molar-refractivity contribution in [2.24, 2.45) is 11.8 Å². The van der Waals surface area contributed by atoms with Crippen LogP contribution in [0.25, 0.3) is 0 Å². The van der Waals surface area contributed by atoms with E-state index in [4.69, 9.17) is 5.84 Å². The normalized spacial score (nSPS) is 19.4. The van der Waals surface area contributed by atoms with Gasteiger partial charge in [-0.25, -0.2) is 0 Å². The Balaban J connectivity index is 2.02. The maximum atomic E-state index is 12.4. The second-order valence-corrected chi connectivity index (χ2v) is 5.29. The number of hydrazine groups is 1. The first kappa shape index (κ1) is 13.8. The summed E-state index contributed by atoms with van der Waals surface area (Å²) in [6.45, 7) is 2.98. The van der Waals surface area contributed by atoms with Crippen LogP contribution in [-0.4, -0.2) is 49.4 Å². The molecule has 5 nitrogen and oxygen atoms in total. The zero-order chi connectivity index (χ0) is 13.8. The minimum absolute atomic E-state index is 0.0168. The summed E-state index contributed by atoms with van der Waals surface area (Å²) in [6, 6.07) is 7.32. The molecule has 0 saturated carbocycles. The van der Waals surface area contributed by atoms with Gasteiger partial charge in [0.1, 0.15) is 0 Å². The van der Waals surface area contributed by atoms with Gasteiger partial charge >= 0.3 is 0 Å². The van der Waals surface area contributed by atoms with E-state index in [9.17, 15) is 4.79 Å². The van der Waals surface area contributed by atoms with Crippen molar-refractivity contribution in [1.82, 2.24) is 9.80 Å². The molecule has 0 radical (unpaired) electrons. The lowest BCUT2D eigenvalue weighted by atomic mass is 10.1. The Bertz CT molecular complexity index is 449. The predicted octanol–water partition coefficient (Wildman–Crippen LogP) is 0.996. The average molecular weight is 262 g/mol. The van der Waals surface area contributed by atoms with E-state index in [2.05, 4.69) is 17.4 Å². The molecule has 0 aromatic heterocycles. The molecular weight excluding hydrogens is 240 g/mol. The van der Waals surface area contributed by atoms with Crippen LogP contribution in [0.5, 0.6) is 0 Å². The number of nitrogen functional groups attached to an aromatic ring is 1. The lowest BCUT2D eigenvalue weighted by Crippen LogP contribution is -2.33. The standard InChI is InChI=1S/C14H22N4O/c1-17-8-7-11(9-17)10-18(2)14(19)12-5-3-4-6-13(12)16-15/h3-6,11,16H,7-10,15H2,1-2H3. The summed E-state index contributed by atoms with van der Waals surface area (Å²) in [7, 11) is 3.98. The number of nitrogens with one attached hydrogen (secondary N) is 1. The Morgan fingerprint density at radius 2 is 2.26 bits per heavy atom. The number of carbonyl (C=O) groups excluding carboxylic acids is 1. The number of para-hydroxylation sites is 1. The summed E-state index contributed by atoms with van der Waals surface area (Å²) >= 11 is 0. The zero-order valence-electron chi connectivity index (χ0n) is 11.6. The van der Waals surface area contributed by atoms with Crippen LogP contribution in [-0.2, 0) is 0 Å². The van der Waals surface area contributed by atoms with Crippen LogP contribution >= 0.6 is 0 Å². The van der Waals surface area contributed by atoms with Crippen LogP contribution in [0, 0.1) is 5.92 Å². The fourth-order valence-corrected chi connectivity index (χ4v) is 2.65. The van der Waals surface area contributed by atoms with Crippen LogP contribution in [0.2, 0.25) is 0 Å². The van der Waals surface area contributed by atoms with Gasteiger partial charge in [-0.3, -0.25) is 10.6 Å². The van der Waals surface area contributed by atoms with Gasteiger partial charge in [0, 0.05) is 20.1 Å². The molecule has 1 amide bonds. The van der Waals surface area contributed by atoms with Crippen LogP contribution in [0.3, 0.4) is 0 Å². The molecule has 1 unspecified atom stereocenters. The molecule has 3 N–H and O–H groups in total. The van der Waals surface area contributed by atoms with Gasteiger partial charge in [-0.2, -0.15) is 0 Å². The lowest BCUT2D eigenvalue weighted by molar-refractivity contribution is 0.0775. The fraction of sp³-hybridized carbons (Fsp3) is 0.500. The first-order valence-corrected chi connectivity index (χ1v) is 6.61. The summed E-state index contributed by atoms with van der Waals surface area (Å²) in [5.74, 6) is 6.03. The number of likely N-dealkylation sites (tertiary alicyclic amines) is 1. The Kier molecular flexibility index (Phi) is 4.39. The summed E-state index contributed by atoms with van der Waals surface area (Å²) in [6.07, 6.45) is 1.16. The SMILES string of the molecule is CN1CCC(CN(C)C(=O)c2ccccc2NN)C1. The third-order valence-corrected chi connectivity index (χ3v) is 3.68. The molecular formula is C14H22N4O. The van der Waals surface area contributed by atoms with Gasteiger partial charge in [-0.15, -0.1) is 0 Å². The number of nitrogens with zero attached hydrogens (tertiary/aromatic N) is 2. The number of benzene rings is 1. The third kappa shape index (κ3) is 3.24. The summed E-state index contributed by atoms with van der Waals surface area (Å²) in [5.41, 5.74) is 3.87. The summed E-state index contributed by atoms with van der Waals surface area (Å²) in [5, 5.41) is 0. The van der Waals surface area contributed by atoms with E-state index >= 15 is 0 Å². The maximum Gasteiger partial charge on any atom is 0.255 e. The monoisotopic (exact) mass is 262 g/mol. The highest BCUT2D eigenvalue weighted by Crippen LogP contribution is 2.19. The smallest absolute Gasteiger partial charge is 0.255 e. The molecule has 1 atom stereocenters. The first-order valence-electron chi connectivity index (χ1n) is 6.61. The molecule has 0 bridgehead atoms. The second kappa shape index (κ2) is 6.04. The van der Waals surface area contributed by atoms with Gasteiger partial charge in [-0.05, 0) is 38.1 Å². The summed E-state index contributed by atoms with van der Waals surface area (Å²) < 4.78 is 0. The molecule has 0 spiro atoms. The van der Waals surface area contributed by atoms with Gasteiger partial charge in [-0.1, -0.05) is 12.1 Å². The molecule has 104 valence electrons. The highest BCUT2D eigenvalue weighted by atomic mass is 16.2. The molecule has 1 saturated heterocycles. The van der Waals surface area contributed by atoms with Crippen molar-refractivity contribution in [2.75, 3.05) is 39.2 Å². The van der Waals surface area contributed by atoms with Crippen molar-refractivity contribution < 1.29 is 4.79 Å². The number of hydrogen-bond donors (Lipinski definition) is 2. The highest BCUT2D eigenvalue weighted by Gasteiger charge is 2.23. The van der Waals surface area contributed by atoms with Crippen LogP contribution in [0.1, 0.15) is 16.8 Å². The second-order valence-electron chi connectivity index (χ2n) is 5.29. The van der Waals surface area contributed by atoms with E-state index in [1.807, 2.05) is 25.2 Å². The van der Waals surface area contributed by atoms with Crippen molar-refractivity contribution in [3.8, 4) is 0 Å². The van der Waals surface area contributed by atoms with Gasteiger partial charge in [0.15, 0.2) is 0 Å². The fourth-order valence-electron chi connectivity index (χ4n) is 2.65. The molecule has 19 heavy (non-hydrogen) atoms. The first-order chi connectivity index (χ1) is 9.11. The van der Waals surface area contributed by atoms with Crippen molar-refractivity contribution in [3.05, 3.63) is 29.8 Å². The van der Waals surface area contributed by atoms with Crippen LogP contribution in [0.15, 0.2) is 24.3 Å². The molecule has 1 aliphatic heterocycles. The Hall–Kier alpha value is -1.59. The Morgan fingerprint density at radius 1 is 1.53 bits per heavy atom. The number of anilines is 1. The molecule has 0 aliphatic carbocycles. The van der Waals surface area contributed by atoms with Crippen molar-refractivity contribution in [2.45, 2.75) is 6.42 Å². The van der Waals surface area contributed by atoms with E-state index in [0.717, 1.165) is 26.1 Å². The minimum atomic E-state index is 0.0168. The highest BCUT2D eigenvalue weighted by molar-refractivity contribution is 5.99. The van der Waals surface area contributed by atoms with E-state index in [0.29, 0.717) is 17.2 Å².